The van der Waals surface area contributed by atoms with Crippen LogP contribution in [0.15, 0.2) is 17.2 Å². The van der Waals surface area contributed by atoms with Gasteiger partial charge in [-0.25, -0.2) is 0 Å². The van der Waals surface area contributed by atoms with Crippen molar-refractivity contribution in [2.75, 3.05) is 6.61 Å². The van der Waals surface area contributed by atoms with Crippen LogP contribution in [0.25, 0.3) is 10.9 Å². The molecule has 0 saturated heterocycles. The number of ether oxygens (including phenoxy) is 1. The standard InChI is InChI=1S/C20H29N3O3/c1-5-9-26-15-8-6-7-14(10-15)21-19(24)16-12-22(3)18-13(2)11-23(4)20(25)17(16)18/h11-12,14-15H,5-10H2,1-4H3,(H,21,24). The zero-order valence-corrected chi connectivity index (χ0v) is 16.2. The average Bonchev–Trinajstić information content (AvgIpc) is 2.96. The van der Waals surface area contributed by atoms with Gasteiger partial charge in [0.25, 0.3) is 11.5 Å². The minimum absolute atomic E-state index is 0.0991. The Morgan fingerprint density at radius 1 is 1.27 bits per heavy atom. The van der Waals surface area contributed by atoms with Crippen molar-refractivity contribution in [2.45, 2.75) is 58.1 Å². The zero-order valence-electron chi connectivity index (χ0n) is 16.2. The van der Waals surface area contributed by atoms with E-state index in [9.17, 15) is 9.59 Å². The van der Waals surface area contributed by atoms with Gasteiger partial charge in [-0.2, -0.15) is 0 Å². The Hall–Kier alpha value is -2.08. The predicted molar refractivity (Wildman–Crippen MR) is 103 cm³/mol. The van der Waals surface area contributed by atoms with E-state index in [1.807, 2.05) is 24.7 Å². The molecule has 26 heavy (non-hydrogen) atoms. The third kappa shape index (κ3) is 3.56. The van der Waals surface area contributed by atoms with Crippen LogP contribution in [0.5, 0.6) is 0 Å². The predicted octanol–water partition coefficient (Wildman–Crippen LogP) is 2.65. The molecule has 0 aliphatic heterocycles. The smallest absolute Gasteiger partial charge is 0.260 e. The fourth-order valence-electron chi connectivity index (χ4n) is 4.05. The SMILES string of the molecule is CCCOC1CCCC(NC(=O)c2cn(C)c3c(C)cn(C)c(=O)c23)C1. The van der Waals surface area contributed by atoms with Crippen LogP contribution in [-0.4, -0.2) is 33.8 Å². The number of amides is 1. The number of rotatable bonds is 5. The summed E-state index contributed by atoms with van der Waals surface area (Å²) in [6.07, 6.45) is 8.71. The van der Waals surface area contributed by atoms with E-state index in [0.717, 1.165) is 49.8 Å². The Labute approximate surface area is 154 Å². The molecule has 2 aromatic rings. The molecular formula is C20H29N3O3. The topological polar surface area (TPSA) is 65.3 Å². The van der Waals surface area contributed by atoms with Gasteiger partial charge in [0.1, 0.15) is 0 Å². The quantitative estimate of drug-likeness (QED) is 0.893. The summed E-state index contributed by atoms with van der Waals surface area (Å²) < 4.78 is 9.28. The summed E-state index contributed by atoms with van der Waals surface area (Å²) >= 11 is 0. The van der Waals surface area contributed by atoms with Crippen molar-refractivity contribution in [1.29, 1.82) is 0 Å². The van der Waals surface area contributed by atoms with E-state index in [0.29, 0.717) is 10.9 Å². The van der Waals surface area contributed by atoms with Crippen LogP contribution in [0.4, 0.5) is 0 Å². The molecule has 1 fully saturated rings. The number of aromatic nitrogens is 2. The van der Waals surface area contributed by atoms with Crippen molar-refractivity contribution < 1.29 is 9.53 Å². The second-order valence-electron chi connectivity index (χ2n) is 7.44. The van der Waals surface area contributed by atoms with E-state index in [2.05, 4.69) is 12.2 Å². The van der Waals surface area contributed by atoms with Crippen LogP contribution in [-0.2, 0) is 18.8 Å². The van der Waals surface area contributed by atoms with Crippen LogP contribution in [0.3, 0.4) is 0 Å². The lowest BCUT2D eigenvalue weighted by Gasteiger charge is -2.29. The third-order valence-corrected chi connectivity index (χ3v) is 5.24. The largest absolute Gasteiger partial charge is 0.378 e. The number of nitrogens with one attached hydrogen (secondary N) is 1. The van der Waals surface area contributed by atoms with Gasteiger partial charge >= 0.3 is 0 Å². The summed E-state index contributed by atoms with van der Waals surface area (Å²) in [5.41, 5.74) is 2.13. The number of fused-ring (bicyclic) bond motifs is 1. The Balaban J connectivity index is 1.83. The second-order valence-corrected chi connectivity index (χ2v) is 7.44. The van der Waals surface area contributed by atoms with Crippen molar-refractivity contribution in [3.05, 3.63) is 33.9 Å². The Kier molecular flexibility index (Phi) is 5.51. The van der Waals surface area contributed by atoms with Gasteiger partial charge in [0, 0.05) is 39.1 Å². The van der Waals surface area contributed by atoms with Gasteiger partial charge in [0.05, 0.1) is 22.6 Å². The van der Waals surface area contributed by atoms with E-state index in [4.69, 9.17) is 4.74 Å². The van der Waals surface area contributed by atoms with Crippen LogP contribution in [0.1, 0.15) is 54.9 Å². The highest BCUT2D eigenvalue weighted by atomic mass is 16.5. The summed E-state index contributed by atoms with van der Waals surface area (Å²) in [6.45, 7) is 4.83. The number of aryl methyl sites for hydroxylation is 3. The second kappa shape index (κ2) is 7.66. The highest BCUT2D eigenvalue weighted by Gasteiger charge is 2.26. The maximum atomic E-state index is 12.9. The van der Waals surface area contributed by atoms with Gasteiger partial charge in [-0.1, -0.05) is 6.92 Å². The van der Waals surface area contributed by atoms with Crippen molar-refractivity contribution in [1.82, 2.24) is 14.5 Å². The Morgan fingerprint density at radius 2 is 2.04 bits per heavy atom. The molecule has 1 saturated carbocycles. The number of pyridine rings is 1. The molecule has 2 unspecified atom stereocenters. The number of nitrogens with zero attached hydrogens (tertiary/aromatic N) is 2. The molecule has 2 aromatic heterocycles. The molecule has 1 aliphatic rings. The Morgan fingerprint density at radius 3 is 2.77 bits per heavy atom. The lowest BCUT2D eigenvalue weighted by molar-refractivity contribution is 0.0200. The molecule has 0 aromatic carbocycles. The maximum absolute atomic E-state index is 12.9. The first-order valence-corrected chi connectivity index (χ1v) is 9.50. The monoisotopic (exact) mass is 359 g/mol. The van der Waals surface area contributed by atoms with Gasteiger partial charge in [0.2, 0.25) is 0 Å². The van der Waals surface area contributed by atoms with E-state index in [-0.39, 0.29) is 23.6 Å². The van der Waals surface area contributed by atoms with Crippen LogP contribution in [0, 0.1) is 6.92 Å². The molecule has 142 valence electrons. The summed E-state index contributed by atoms with van der Waals surface area (Å²) in [7, 11) is 3.60. The molecular weight excluding hydrogens is 330 g/mol. The first kappa shape index (κ1) is 18.7. The van der Waals surface area contributed by atoms with Crippen molar-refractivity contribution in [3.63, 3.8) is 0 Å². The molecule has 0 radical (unpaired) electrons. The van der Waals surface area contributed by atoms with E-state index < -0.39 is 0 Å². The van der Waals surface area contributed by atoms with E-state index >= 15 is 0 Å². The minimum Gasteiger partial charge on any atom is -0.378 e. The van der Waals surface area contributed by atoms with Gasteiger partial charge in [-0.15, -0.1) is 0 Å². The molecule has 0 bridgehead atoms. The molecule has 2 heterocycles. The zero-order chi connectivity index (χ0) is 18.8. The minimum atomic E-state index is -0.167. The first-order valence-electron chi connectivity index (χ1n) is 9.50. The van der Waals surface area contributed by atoms with Gasteiger partial charge in [-0.3, -0.25) is 9.59 Å². The maximum Gasteiger partial charge on any atom is 0.260 e. The summed E-state index contributed by atoms with van der Waals surface area (Å²) in [5, 5.41) is 3.63. The number of hydrogen-bond donors (Lipinski definition) is 1. The number of hydrogen-bond acceptors (Lipinski definition) is 3. The fraction of sp³-hybridized carbons (Fsp3) is 0.600. The summed E-state index contributed by atoms with van der Waals surface area (Å²) in [6, 6.07) is 0.0991. The van der Waals surface area contributed by atoms with Crippen molar-refractivity contribution in [2.24, 2.45) is 14.1 Å². The highest BCUT2D eigenvalue weighted by Crippen LogP contribution is 2.24. The van der Waals surface area contributed by atoms with Crippen LogP contribution >= 0.6 is 0 Å². The molecule has 1 amide bonds. The highest BCUT2D eigenvalue weighted by molar-refractivity contribution is 6.07. The molecule has 0 spiro atoms. The average molecular weight is 359 g/mol. The normalized spacial score (nSPS) is 20.5. The molecule has 1 N–H and O–H groups in total. The fourth-order valence-corrected chi connectivity index (χ4v) is 4.05. The Bertz CT molecular complexity index is 865. The molecule has 6 nitrogen and oxygen atoms in total. The first-order chi connectivity index (χ1) is 12.4. The van der Waals surface area contributed by atoms with Crippen LogP contribution in [0.2, 0.25) is 0 Å². The van der Waals surface area contributed by atoms with Gasteiger partial charge in [-0.05, 0) is 44.6 Å². The van der Waals surface area contributed by atoms with E-state index in [1.54, 1.807) is 17.8 Å². The molecule has 1 aliphatic carbocycles. The van der Waals surface area contributed by atoms with Crippen molar-refractivity contribution in [3.8, 4) is 0 Å². The number of carbonyl (C=O) groups is 1. The molecule has 2 atom stereocenters. The molecule has 6 heteroatoms. The lowest BCUT2D eigenvalue weighted by atomic mass is 9.92. The van der Waals surface area contributed by atoms with Gasteiger partial charge < -0.3 is 19.2 Å². The van der Waals surface area contributed by atoms with Crippen molar-refractivity contribution >= 4 is 16.8 Å². The third-order valence-electron chi connectivity index (χ3n) is 5.24. The summed E-state index contributed by atoms with van der Waals surface area (Å²) in [5.74, 6) is -0.167. The number of carbonyl (C=O) groups excluding carboxylic acids is 1. The van der Waals surface area contributed by atoms with Gasteiger partial charge in [0.15, 0.2) is 0 Å². The lowest BCUT2D eigenvalue weighted by Crippen LogP contribution is -2.40. The molecule has 3 rings (SSSR count). The summed E-state index contributed by atoms with van der Waals surface area (Å²) in [4.78, 5) is 25.6. The van der Waals surface area contributed by atoms with Crippen LogP contribution < -0.4 is 10.9 Å². The van der Waals surface area contributed by atoms with E-state index in [1.165, 1.54) is 0 Å².